The molecule has 2 heteroatoms. The van der Waals surface area contributed by atoms with Gasteiger partial charge in [-0.1, -0.05) is 48.8 Å². The van der Waals surface area contributed by atoms with Crippen LogP contribution in [0.5, 0.6) is 0 Å². The standard InChI is InChI=1S/C18H22OS/c1-3-7-16(13-20-17-8-5-4-6-9-17)15-11-10-14(2)18(19)12-15/h4-6,8-10H,3,7,11-13H2,1-2H3/b16-15+. The molecule has 2 rings (SSSR count). The molecule has 0 radical (unpaired) electrons. The third kappa shape index (κ3) is 4.11. The largest absolute Gasteiger partial charge is 0.294 e. The Kier molecular flexibility index (Phi) is 5.66. The highest BCUT2D eigenvalue weighted by molar-refractivity contribution is 7.99. The molecular weight excluding hydrogens is 264 g/mol. The van der Waals surface area contributed by atoms with Crippen molar-refractivity contribution in [3.63, 3.8) is 0 Å². The van der Waals surface area contributed by atoms with Gasteiger partial charge in [-0.25, -0.2) is 0 Å². The number of ketones is 1. The maximum absolute atomic E-state index is 11.9. The first kappa shape index (κ1) is 15.1. The topological polar surface area (TPSA) is 17.1 Å². The van der Waals surface area contributed by atoms with Crippen LogP contribution in [0.25, 0.3) is 0 Å². The van der Waals surface area contributed by atoms with Gasteiger partial charge in [0.05, 0.1) is 0 Å². The molecule has 1 aromatic carbocycles. The molecule has 1 nitrogen and oxygen atoms in total. The first-order valence-electron chi connectivity index (χ1n) is 7.28. The molecule has 0 unspecified atom stereocenters. The maximum atomic E-state index is 11.9. The Hall–Kier alpha value is -1.28. The Balaban J connectivity index is 2.09. The highest BCUT2D eigenvalue weighted by Gasteiger charge is 2.16. The number of rotatable bonds is 5. The summed E-state index contributed by atoms with van der Waals surface area (Å²) in [5.41, 5.74) is 3.75. The fourth-order valence-electron chi connectivity index (χ4n) is 2.40. The highest BCUT2D eigenvalue weighted by atomic mass is 32.2. The second-order valence-corrected chi connectivity index (χ2v) is 6.30. The van der Waals surface area contributed by atoms with E-state index in [1.54, 1.807) is 0 Å². The number of hydrogen-bond donors (Lipinski definition) is 0. The third-order valence-electron chi connectivity index (χ3n) is 3.68. The van der Waals surface area contributed by atoms with Crippen LogP contribution in [0.3, 0.4) is 0 Å². The molecule has 0 spiro atoms. The number of carbonyl (C=O) groups excluding carboxylic acids is 1. The summed E-state index contributed by atoms with van der Waals surface area (Å²) < 4.78 is 0. The SMILES string of the molecule is CCC/C(CSc1ccccc1)=C1/CC=C(C)C(=O)C1. The van der Waals surface area contributed by atoms with Crippen LogP contribution in [0.15, 0.2) is 58.0 Å². The molecule has 0 aromatic heterocycles. The lowest BCUT2D eigenvalue weighted by Crippen LogP contribution is -2.09. The van der Waals surface area contributed by atoms with Gasteiger partial charge in [-0.15, -0.1) is 11.8 Å². The Morgan fingerprint density at radius 1 is 1.25 bits per heavy atom. The molecule has 0 bridgehead atoms. The van der Waals surface area contributed by atoms with E-state index in [0.29, 0.717) is 12.2 Å². The Labute approximate surface area is 126 Å². The van der Waals surface area contributed by atoms with Gasteiger partial charge in [0.15, 0.2) is 5.78 Å². The summed E-state index contributed by atoms with van der Waals surface area (Å²) in [6.07, 6.45) is 5.93. The Morgan fingerprint density at radius 2 is 2.00 bits per heavy atom. The highest BCUT2D eigenvalue weighted by Crippen LogP contribution is 2.29. The van der Waals surface area contributed by atoms with Crippen LogP contribution in [-0.2, 0) is 4.79 Å². The van der Waals surface area contributed by atoms with Gasteiger partial charge in [0.1, 0.15) is 0 Å². The molecule has 1 aliphatic carbocycles. The zero-order valence-corrected chi connectivity index (χ0v) is 13.1. The van der Waals surface area contributed by atoms with Crippen LogP contribution < -0.4 is 0 Å². The summed E-state index contributed by atoms with van der Waals surface area (Å²) in [6, 6.07) is 10.5. The Morgan fingerprint density at radius 3 is 2.65 bits per heavy atom. The lowest BCUT2D eigenvalue weighted by atomic mass is 9.90. The summed E-state index contributed by atoms with van der Waals surface area (Å²) in [5.74, 6) is 1.30. The zero-order valence-electron chi connectivity index (χ0n) is 12.3. The summed E-state index contributed by atoms with van der Waals surface area (Å²) >= 11 is 1.87. The van der Waals surface area contributed by atoms with E-state index in [2.05, 4.69) is 37.3 Å². The number of hydrogen-bond acceptors (Lipinski definition) is 2. The predicted octanol–water partition coefficient (Wildman–Crippen LogP) is 5.18. The maximum Gasteiger partial charge on any atom is 0.162 e. The first-order valence-corrected chi connectivity index (χ1v) is 8.27. The molecular formula is C18H22OS. The fourth-order valence-corrected chi connectivity index (χ4v) is 3.44. The van der Waals surface area contributed by atoms with E-state index in [1.165, 1.54) is 16.0 Å². The van der Waals surface area contributed by atoms with Gasteiger partial charge in [0.2, 0.25) is 0 Å². The Bertz CT molecular complexity index is 526. The van der Waals surface area contributed by atoms with Crippen molar-refractivity contribution in [1.29, 1.82) is 0 Å². The van der Waals surface area contributed by atoms with Gasteiger partial charge in [0.25, 0.3) is 0 Å². The van der Waals surface area contributed by atoms with Crippen molar-refractivity contribution in [3.05, 3.63) is 53.1 Å². The van der Waals surface area contributed by atoms with Crippen LogP contribution in [0.4, 0.5) is 0 Å². The minimum atomic E-state index is 0.296. The normalized spacial score (nSPS) is 17.9. The second kappa shape index (κ2) is 7.49. The molecule has 0 saturated carbocycles. The number of thioether (sulfide) groups is 1. The number of allylic oxidation sites excluding steroid dienone is 3. The van der Waals surface area contributed by atoms with E-state index in [0.717, 1.165) is 30.6 Å². The average molecular weight is 286 g/mol. The van der Waals surface area contributed by atoms with Gasteiger partial charge >= 0.3 is 0 Å². The van der Waals surface area contributed by atoms with Crippen molar-refractivity contribution < 1.29 is 4.79 Å². The second-order valence-electron chi connectivity index (χ2n) is 5.25. The number of benzene rings is 1. The van der Waals surface area contributed by atoms with Gasteiger partial charge in [-0.2, -0.15) is 0 Å². The van der Waals surface area contributed by atoms with Crippen LogP contribution in [0.2, 0.25) is 0 Å². The van der Waals surface area contributed by atoms with E-state index in [-0.39, 0.29) is 0 Å². The molecule has 106 valence electrons. The molecule has 0 heterocycles. The van der Waals surface area contributed by atoms with Crippen molar-refractivity contribution in [3.8, 4) is 0 Å². The van der Waals surface area contributed by atoms with Crippen LogP contribution in [-0.4, -0.2) is 11.5 Å². The summed E-state index contributed by atoms with van der Waals surface area (Å²) in [6.45, 7) is 4.14. The van der Waals surface area contributed by atoms with Crippen molar-refractivity contribution in [2.24, 2.45) is 0 Å². The summed E-state index contributed by atoms with van der Waals surface area (Å²) in [5, 5.41) is 0. The molecule has 0 atom stereocenters. The smallest absolute Gasteiger partial charge is 0.162 e. The third-order valence-corrected chi connectivity index (χ3v) is 4.77. The lowest BCUT2D eigenvalue weighted by Gasteiger charge is -2.17. The average Bonchev–Trinajstić information content (AvgIpc) is 2.47. The molecule has 1 aromatic rings. The minimum Gasteiger partial charge on any atom is -0.294 e. The molecule has 1 aliphatic rings. The molecule has 0 fully saturated rings. The van der Waals surface area contributed by atoms with Crippen molar-refractivity contribution in [2.75, 3.05) is 5.75 Å². The van der Waals surface area contributed by atoms with Crippen LogP contribution >= 0.6 is 11.8 Å². The van der Waals surface area contributed by atoms with Gasteiger partial charge < -0.3 is 0 Å². The van der Waals surface area contributed by atoms with E-state index < -0.39 is 0 Å². The fraction of sp³-hybridized carbons (Fsp3) is 0.389. The van der Waals surface area contributed by atoms with Crippen molar-refractivity contribution in [2.45, 2.75) is 44.4 Å². The van der Waals surface area contributed by atoms with Gasteiger partial charge in [-0.05, 0) is 37.5 Å². The number of Topliss-reactive ketones (excluding diaryl/α,β-unsaturated/α-hetero) is 1. The number of carbonyl (C=O) groups is 1. The minimum absolute atomic E-state index is 0.296. The van der Waals surface area contributed by atoms with Crippen LogP contribution in [0, 0.1) is 0 Å². The van der Waals surface area contributed by atoms with E-state index in [1.807, 2.05) is 24.8 Å². The summed E-state index contributed by atoms with van der Waals surface area (Å²) in [7, 11) is 0. The van der Waals surface area contributed by atoms with Crippen LogP contribution in [0.1, 0.15) is 39.5 Å². The van der Waals surface area contributed by atoms with Gasteiger partial charge in [0, 0.05) is 17.1 Å². The first-order chi connectivity index (χ1) is 9.70. The van der Waals surface area contributed by atoms with E-state index in [9.17, 15) is 4.79 Å². The zero-order chi connectivity index (χ0) is 14.4. The monoisotopic (exact) mass is 286 g/mol. The lowest BCUT2D eigenvalue weighted by molar-refractivity contribution is -0.115. The van der Waals surface area contributed by atoms with Crippen molar-refractivity contribution >= 4 is 17.5 Å². The molecule has 0 saturated heterocycles. The van der Waals surface area contributed by atoms with E-state index in [4.69, 9.17) is 0 Å². The summed E-state index contributed by atoms with van der Waals surface area (Å²) in [4.78, 5) is 13.2. The molecule has 0 amide bonds. The molecule has 0 aliphatic heterocycles. The molecule has 20 heavy (non-hydrogen) atoms. The molecule has 0 N–H and O–H groups in total. The van der Waals surface area contributed by atoms with Gasteiger partial charge in [-0.3, -0.25) is 4.79 Å². The van der Waals surface area contributed by atoms with E-state index >= 15 is 0 Å². The predicted molar refractivity (Wildman–Crippen MR) is 87.1 cm³/mol. The quantitative estimate of drug-likeness (QED) is 0.547. The van der Waals surface area contributed by atoms with Crippen molar-refractivity contribution in [1.82, 2.24) is 0 Å².